The second-order valence-corrected chi connectivity index (χ2v) is 7.47. The number of allylic oxidation sites excluding steroid dienone is 1. The van der Waals surface area contributed by atoms with E-state index in [-0.39, 0.29) is 35.0 Å². The third-order valence-electron chi connectivity index (χ3n) is 4.55. The molecule has 0 radical (unpaired) electrons. The predicted molar refractivity (Wildman–Crippen MR) is 118 cm³/mol. The summed E-state index contributed by atoms with van der Waals surface area (Å²) in [6, 6.07) is 13.3. The molecule has 2 aromatic carbocycles. The number of anilines is 1. The Bertz CT molecular complexity index is 1390. The first-order valence-electron chi connectivity index (χ1n) is 9.24. The van der Waals surface area contributed by atoms with Crippen molar-refractivity contribution in [2.75, 3.05) is 11.1 Å². The van der Waals surface area contributed by atoms with E-state index >= 15 is 0 Å². The summed E-state index contributed by atoms with van der Waals surface area (Å²) in [6.07, 6.45) is 1.60. The number of aromatic carboxylic acids is 1. The van der Waals surface area contributed by atoms with Gasteiger partial charge in [-0.1, -0.05) is 42.1 Å². The first-order valence-corrected chi connectivity index (χ1v) is 10.2. The molecule has 4 rings (SSSR count). The highest BCUT2D eigenvalue weighted by molar-refractivity contribution is 7.99. The first kappa shape index (κ1) is 20.4. The van der Waals surface area contributed by atoms with Gasteiger partial charge in [-0.05, 0) is 24.3 Å². The van der Waals surface area contributed by atoms with Crippen LogP contribution in [-0.2, 0) is 11.3 Å². The van der Waals surface area contributed by atoms with E-state index in [2.05, 4.69) is 22.1 Å². The Morgan fingerprint density at radius 3 is 2.65 bits per heavy atom. The number of aromatic nitrogens is 4. The molecule has 10 heteroatoms. The van der Waals surface area contributed by atoms with Gasteiger partial charge in [0.25, 0.3) is 5.56 Å². The van der Waals surface area contributed by atoms with Crippen molar-refractivity contribution in [1.29, 1.82) is 0 Å². The van der Waals surface area contributed by atoms with E-state index < -0.39 is 5.97 Å². The van der Waals surface area contributed by atoms with Gasteiger partial charge in [-0.15, -0.1) is 16.8 Å². The fraction of sp³-hybridized carbons (Fsp3) is 0.0952. The third kappa shape index (κ3) is 3.80. The summed E-state index contributed by atoms with van der Waals surface area (Å²) in [7, 11) is 0. The smallest absolute Gasteiger partial charge is 0.337 e. The molecule has 0 atom stereocenters. The molecule has 0 aliphatic carbocycles. The number of hydrogen-bond acceptors (Lipinski definition) is 6. The Morgan fingerprint density at radius 2 is 1.87 bits per heavy atom. The van der Waals surface area contributed by atoms with Gasteiger partial charge in [-0.2, -0.15) is 0 Å². The van der Waals surface area contributed by atoms with Crippen molar-refractivity contribution in [3.05, 3.63) is 77.1 Å². The van der Waals surface area contributed by atoms with Gasteiger partial charge in [0.05, 0.1) is 27.9 Å². The van der Waals surface area contributed by atoms with Crippen molar-refractivity contribution in [2.24, 2.45) is 0 Å². The van der Waals surface area contributed by atoms with E-state index in [4.69, 9.17) is 0 Å². The SMILES string of the molecule is C=CCn1c(=O)c2ccccc2n2c(SCC(=O)Nc3ccccc3C(=O)O)nnc12. The zero-order valence-electron chi connectivity index (χ0n) is 16.2. The van der Waals surface area contributed by atoms with Gasteiger partial charge in [0.15, 0.2) is 5.16 Å². The summed E-state index contributed by atoms with van der Waals surface area (Å²) in [5.74, 6) is -1.19. The molecule has 0 saturated heterocycles. The molecule has 0 saturated carbocycles. The first-order chi connectivity index (χ1) is 15.0. The lowest BCUT2D eigenvalue weighted by Gasteiger charge is -2.10. The highest BCUT2D eigenvalue weighted by Crippen LogP contribution is 2.22. The molecule has 4 aromatic rings. The van der Waals surface area contributed by atoms with Crippen LogP contribution in [-0.4, -0.2) is 41.9 Å². The molecule has 9 nitrogen and oxygen atoms in total. The van der Waals surface area contributed by atoms with Gasteiger partial charge in [-0.25, -0.2) is 4.79 Å². The number of para-hydroxylation sites is 2. The van der Waals surface area contributed by atoms with Crippen LogP contribution in [0.2, 0.25) is 0 Å². The van der Waals surface area contributed by atoms with Crippen LogP contribution in [0.15, 0.2) is 71.1 Å². The van der Waals surface area contributed by atoms with Crippen LogP contribution in [0.25, 0.3) is 16.7 Å². The van der Waals surface area contributed by atoms with Crippen LogP contribution in [0.5, 0.6) is 0 Å². The fourth-order valence-electron chi connectivity index (χ4n) is 3.22. The van der Waals surface area contributed by atoms with Crippen molar-refractivity contribution < 1.29 is 14.7 Å². The minimum Gasteiger partial charge on any atom is -0.478 e. The van der Waals surface area contributed by atoms with Crippen LogP contribution in [0.1, 0.15) is 10.4 Å². The fourth-order valence-corrected chi connectivity index (χ4v) is 3.96. The lowest BCUT2D eigenvalue weighted by Crippen LogP contribution is -2.22. The Kier molecular flexibility index (Phi) is 5.54. The number of carboxylic acid groups (broad SMARTS) is 1. The maximum atomic E-state index is 12.8. The van der Waals surface area contributed by atoms with Crippen molar-refractivity contribution in [3.8, 4) is 0 Å². The van der Waals surface area contributed by atoms with Gasteiger partial charge in [0.2, 0.25) is 11.7 Å². The molecule has 156 valence electrons. The summed E-state index contributed by atoms with van der Waals surface area (Å²) in [5.41, 5.74) is 0.659. The Morgan fingerprint density at radius 1 is 1.13 bits per heavy atom. The van der Waals surface area contributed by atoms with Crippen LogP contribution in [0.4, 0.5) is 5.69 Å². The lowest BCUT2D eigenvalue weighted by atomic mass is 10.2. The van der Waals surface area contributed by atoms with Crippen LogP contribution >= 0.6 is 11.8 Å². The number of rotatable bonds is 7. The Balaban J connectivity index is 1.66. The molecule has 31 heavy (non-hydrogen) atoms. The summed E-state index contributed by atoms with van der Waals surface area (Å²) >= 11 is 1.13. The number of nitrogens with zero attached hydrogens (tertiary/aromatic N) is 4. The van der Waals surface area contributed by atoms with Crippen molar-refractivity contribution in [3.63, 3.8) is 0 Å². The van der Waals surface area contributed by atoms with E-state index in [0.717, 1.165) is 11.8 Å². The zero-order valence-corrected chi connectivity index (χ0v) is 17.0. The van der Waals surface area contributed by atoms with Crippen LogP contribution in [0.3, 0.4) is 0 Å². The molecule has 2 aromatic heterocycles. The molecule has 0 aliphatic heterocycles. The number of benzene rings is 2. The van der Waals surface area contributed by atoms with Crippen molar-refractivity contribution >= 4 is 46.0 Å². The van der Waals surface area contributed by atoms with Gasteiger partial charge < -0.3 is 10.4 Å². The molecule has 0 unspecified atom stereocenters. The molecular formula is C21H17N5O4S. The lowest BCUT2D eigenvalue weighted by molar-refractivity contribution is -0.113. The molecule has 0 aliphatic rings. The van der Waals surface area contributed by atoms with Crippen molar-refractivity contribution in [2.45, 2.75) is 11.7 Å². The number of thioether (sulfide) groups is 1. The van der Waals surface area contributed by atoms with Crippen LogP contribution in [0, 0.1) is 0 Å². The number of carbonyl (C=O) groups is 2. The summed E-state index contributed by atoms with van der Waals surface area (Å²) < 4.78 is 3.19. The summed E-state index contributed by atoms with van der Waals surface area (Å²) in [5, 5.41) is 21.1. The van der Waals surface area contributed by atoms with Crippen LogP contribution < -0.4 is 10.9 Å². The average Bonchev–Trinajstić information content (AvgIpc) is 3.19. The Labute approximate surface area is 180 Å². The molecule has 0 bridgehead atoms. The van der Waals surface area contributed by atoms with Gasteiger partial charge in [0, 0.05) is 6.54 Å². The molecular weight excluding hydrogens is 418 g/mol. The number of carbonyl (C=O) groups excluding carboxylic acids is 1. The molecule has 1 amide bonds. The molecule has 0 fully saturated rings. The summed E-state index contributed by atoms with van der Waals surface area (Å²) in [4.78, 5) is 36.6. The van der Waals surface area contributed by atoms with E-state index in [1.165, 1.54) is 16.7 Å². The van der Waals surface area contributed by atoms with Gasteiger partial charge in [-0.3, -0.25) is 18.6 Å². The van der Waals surface area contributed by atoms with Crippen molar-refractivity contribution in [1.82, 2.24) is 19.2 Å². The number of fused-ring (bicyclic) bond motifs is 3. The average molecular weight is 435 g/mol. The zero-order chi connectivity index (χ0) is 22.0. The minimum absolute atomic E-state index is 0.00761. The largest absolute Gasteiger partial charge is 0.478 e. The maximum Gasteiger partial charge on any atom is 0.337 e. The van der Waals surface area contributed by atoms with E-state index in [1.54, 1.807) is 40.8 Å². The topological polar surface area (TPSA) is 119 Å². The summed E-state index contributed by atoms with van der Waals surface area (Å²) in [6.45, 7) is 3.96. The second kappa shape index (κ2) is 8.44. The monoisotopic (exact) mass is 435 g/mol. The quantitative estimate of drug-likeness (QED) is 0.338. The van der Waals surface area contributed by atoms with Gasteiger partial charge in [0.1, 0.15) is 0 Å². The van der Waals surface area contributed by atoms with Gasteiger partial charge >= 0.3 is 5.97 Å². The molecule has 0 spiro atoms. The standard InChI is InChI=1S/C21H17N5O4S/c1-2-11-25-18(28)14-8-4-6-10-16(14)26-20(25)23-24-21(26)31-12-17(27)22-15-9-5-3-7-13(15)19(29)30/h2-10H,1,11-12H2,(H,22,27)(H,29,30). The Hall–Kier alpha value is -3.92. The predicted octanol–water partition coefficient (Wildman–Crippen LogP) is 2.66. The maximum absolute atomic E-state index is 12.8. The van der Waals surface area contributed by atoms with E-state index in [9.17, 15) is 19.5 Å². The second-order valence-electron chi connectivity index (χ2n) is 6.53. The number of nitrogens with one attached hydrogen (secondary N) is 1. The van der Waals surface area contributed by atoms with E-state index in [1.807, 2.05) is 6.07 Å². The number of carboxylic acids is 1. The minimum atomic E-state index is -1.13. The highest BCUT2D eigenvalue weighted by atomic mass is 32.2. The number of hydrogen-bond donors (Lipinski definition) is 2. The molecule has 2 N–H and O–H groups in total. The molecule has 2 heterocycles. The highest BCUT2D eigenvalue weighted by Gasteiger charge is 2.18. The number of amides is 1. The van der Waals surface area contributed by atoms with E-state index in [0.29, 0.717) is 21.8 Å². The third-order valence-corrected chi connectivity index (χ3v) is 5.48. The normalized spacial score (nSPS) is 11.0.